The third kappa shape index (κ3) is 8.75. The van der Waals surface area contributed by atoms with Crippen LogP contribution in [0, 0.1) is 0 Å². The standard InChI is InChI=1S/C43H37N3O3S/c1-29(2)31-19-17-30(18-20-31)27-39(46-41(47)34-14-7-4-8-15-34)42(48)44-36-23-25-38(26-24-36)50-40(33-12-5-3-6-13-33)43(49)45-37-22-21-32-11-9-10-16-35(32)28-37/h3-29,40H,1-2H3,(H,44,48)(H,45,49)(H,46,47)/b39-27-. The van der Waals surface area contributed by atoms with Crippen LogP contribution in [-0.2, 0) is 9.59 Å². The van der Waals surface area contributed by atoms with E-state index in [2.05, 4.69) is 29.8 Å². The number of benzene rings is 6. The quantitative estimate of drug-likeness (QED) is 0.0943. The van der Waals surface area contributed by atoms with E-state index in [1.807, 2.05) is 115 Å². The molecular weight excluding hydrogens is 639 g/mol. The Kier molecular flexibility index (Phi) is 10.9. The Morgan fingerprint density at radius 3 is 1.90 bits per heavy atom. The van der Waals surface area contributed by atoms with E-state index in [0.29, 0.717) is 17.2 Å². The van der Waals surface area contributed by atoms with Gasteiger partial charge in [0.2, 0.25) is 5.91 Å². The molecular formula is C43H37N3O3S. The van der Waals surface area contributed by atoms with Crippen LogP contribution >= 0.6 is 11.8 Å². The van der Waals surface area contributed by atoms with Gasteiger partial charge in [0.25, 0.3) is 11.8 Å². The van der Waals surface area contributed by atoms with E-state index in [0.717, 1.165) is 32.5 Å². The number of carbonyl (C=O) groups excluding carboxylic acids is 3. The molecule has 6 rings (SSSR count). The molecule has 1 unspecified atom stereocenters. The fraction of sp³-hybridized carbons (Fsp3) is 0.0930. The maximum absolute atomic E-state index is 13.7. The second-order valence-corrected chi connectivity index (χ2v) is 13.3. The molecule has 6 aromatic carbocycles. The molecule has 0 aromatic heterocycles. The molecule has 0 saturated carbocycles. The first kappa shape index (κ1) is 34.0. The lowest BCUT2D eigenvalue weighted by molar-refractivity contribution is -0.116. The van der Waals surface area contributed by atoms with Crippen LogP contribution in [0.15, 0.2) is 162 Å². The molecule has 0 aliphatic heterocycles. The van der Waals surface area contributed by atoms with Crippen molar-refractivity contribution in [2.24, 2.45) is 0 Å². The van der Waals surface area contributed by atoms with Crippen molar-refractivity contribution in [1.82, 2.24) is 5.32 Å². The van der Waals surface area contributed by atoms with Gasteiger partial charge in [0, 0.05) is 21.8 Å². The summed E-state index contributed by atoms with van der Waals surface area (Å²) in [6.45, 7) is 4.24. The molecule has 0 heterocycles. The highest BCUT2D eigenvalue weighted by molar-refractivity contribution is 8.00. The summed E-state index contributed by atoms with van der Waals surface area (Å²) in [7, 11) is 0. The first-order valence-electron chi connectivity index (χ1n) is 16.4. The van der Waals surface area contributed by atoms with Crippen LogP contribution in [0.2, 0.25) is 0 Å². The first-order chi connectivity index (χ1) is 24.3. The zero-order valence-electron chi connectivity index (χ0n) is 27.8. The second-order valence-electron chi connectivity index (χ2n) is 12.1. The average Bonchev–Trinajstić information content (AvgIpc) is 3.15. The van der Waals surface area contributed by atoms with Gasteiger partial charge in [0.1, 0.15) is 10.9 Å². The molecule has 50 heavy (non-hydrogen) atoms. The number of amides is 3. The Morgan fingerprint density at radius 2 is 1.22 bits per heavy atom. The molecule has 0 bridgehead atoms. The van der Waals surface area contributed by atoms with Crippen molar-refractivity contribution in [3.05, 3.63) is 180 Å². The third-order valence-corrected chi connectivity index (χ3v) is 9.43. The van der Waals surface area contributed by atoms with E-state index in [1.54, 1.807) is 42.5 Å². The van der Waals surface area contributed by atoms with E-state index in [1.165, 1.54) is 17.3 Å². The van der Waals surface area contributed by atoms with Crippen LogP contribution in [0.1, 0.15) is 52.1 Å². The molecule has 0 spiro atoms. The molecule has 6 aromatic rings. The topological polar surface area (TPSA) is 87.3 Å². The Hall–Kier alpha value is -5.92. The van der Waals surface area contributed by atoms with Crippen LogP contribution in [0.4, 0.5) is 11.4 Å². The number of anilines is 2. The zero-order valence-corrected chi connectivity index (χ0v) is 28.6. The van der Waals surface area contributed by atoms with E-state index in [-0.39, 0.29) is 17.5 Å². The fourth-order valence-corrected chi connectivity index (χ4v) is 6.44. The van der Waals surface area contributed by atoms with Crippen molar-refractivity contribution in [3.8, 4) is 0 Å². The predicted molar refractivity (Wildman–Crippen MR) is 205 cm³/mol. The van der Waals surface area contributed by atoms with Crippen LogP contribution in [0.5, 0.6) is 0 Å². The molecule has 6 nitrogen and oxygen atoms in total. The molecule has 0 radical (unpaired) electrons. The van der Waals surface area contributed by atoms with E-state index in [4.69, 9.17) is 0 Å². The lowest BCUT2D eigenvalue weighted by atomic mass is 10.0. The van der Waals surface area contributed by atoms with E-state index in [9.17, 15) is 14.4 Å². The van der Waals surface area contributed by atoms with Gasteiger partial charge < -0.3 is 16.0 Å². The number of hydrogen-bond donors (Lipinski definition) is 3. The number of nitrogens with one attached hydrogen (secondary N) is 3. The molecule has 248 valence electrons. The van der Waals surface area contributed by atoms with E-state index >= 15 is 0 Å². The van der Waals surface area contributed by atoms with Crippen molar-refractivity contribution >= 4 is 57.7 Å². The molecule has 0 fully saturated rings. The molecule has 0 saturated heterocycles. The predicted octanol–water partition coefficient (Wildman–Crippen LogP) is 9.84. The Morgan fingerprint density at radius 1 is 0.600 bits per heavy atom. The molecule has 3 amide bonds. The lowest BCUT2D eigenvalue weighted by Gasteiger charge is -2.18. The Labute approximate surface area is 296 Å². The van der Waals surface area contributed by atoms with Crippen LogP contribution < -0.4 is 16.0 Å². The van der Waals surface area contributed by atoms with Crippen LogP contribution in [0.25, 0.3) is 16.8 Å². The lowest BCUT2D eigenvalue weighted by Crippen LogP contribution is -2.30. The summed E-state index contributed by atoms with van der Waals surface area (Å²) in [5, 5.41) is 10.5. The van der Waals surface area contributed by atoms with Crippen molar-refractivity contribution in [2.45, 2.75) is 29.9 Å². The summed E-state index contributed by atoms with van der Waals surface area (Å²) >= 11 is 1.42. The van der Waals surface area contributed by atoms with Gasteiger partial charge in [-0.15, -0.1) is 11.8 Å². The smallest absolute Gasteiger partial charge is 0.272 e. The molecule has 3 N–H and O–H groups in total. The largest absolute Gasteiger partial charge is 0.325 e. The fourth-order valence-electron chi connectivity index (χ4n) is 5.41. The Balaban J connectivity index is 1.19. The summed E-state index contributed by atoms with van der Waals surface area (Å²) < 4.78 is 0. The SMILES string of the molecule is CC(C)c1ccc(/C=C(\NC(=O)c2ccccc2)C(=O)Nc2ccc(SC(C(=O)Nc3ccc4ccccc4c3)c3ccccc3)cc2)cc1. The van der Waals surface area contributed by atoms with Gasteiger partial charge in [-0.1, -0.05) is 117 Å². The minimum absolute atomic E-state index is 0.115. The monoisotopic (exact) mass is 675 g/mol. The molecule has 0 aliphatic rings. The van der Waals surface area contributed by atoms with Crippen LogP contribution in [0.3, 0.4) is 0 Å². The maximum atomic E-state index is 13.7. The van der Waals surface area contributed by atoms with Crippen molar-refractivity contribution in [3.63, 3.8) is 0 Å². The van der Waals surface area contributed by atoms with Gasteiger partial charge in [0.05, 0.1) is 0 Å². The summed E-state index contributed by atoms with van der Waals surface area (Å²) in [4.78, 5) is 41.2. The van der Waals surface area contributed by atoms with Gasteiger partial charge in [-0.3, -0.25) is 14.4 Å². The van der Waals surface area contributed by atoms with Gasteiger partial charge in [0.15, 0.2) is 0 Å². The first-order valence-corrected chi connectivity index (χ1v) is 17.3. The normalized spacial score (nSPS) is 11.9. The number of thioether (sulfide) groups is 1. The third-order valence-electron chi connectivity index (χ3n) is 8.17. The molecule has 7 heteroatoms. The zero-order chi connectivity index (χ0) is 34.9. The average molecular weight is 676 g/mol. The van der Waals surface area contributed by atoms with Crippen molar-refractivity contribution < 1.29 is 14.4 Å². The summed E-state index contributed by atoms with van der Waals surface area (Å²) in [5.74, 6) is -0.609. The number of carbonyl (C=O) groups is 3. The second kappa shape index (κ2) is 16.0. The van der Waals surface area contributed by atoms with Gasteiger partial charge in [-0.25, -0.2) is 0 Å². The van der Waals surface area contributed by atoms with Crippen molar-refractivity contribution in [2.75, 3.05) is 10.6 Å². The summed E-state index contributed by atoms with van der Waals surface area (Å²) in [5.41, 5.74) is 4.68. The Bertz CT molecular complexity index is 2130. The van der Waals surface area contributed by atoms with Gasteiger partial charge in [-0.2, -0.15) is 0 Å². The molecule has 1 atom stereocenters. The maximum Gasteiger partial charge on any atom is 0.272 e. The van der Waals surface area contributed by atoms with Crippen LogP contribution in [-0.4, -0.2) is 17.7 Å². The highest BCUT2D eigenvalue weighted by Crippen LogP contribution is 2.37. The van der Waals surface area contributed by atoms with Gasteiger partial charge >= 0.3 is 0 Å². The van der Waals surface area contributed by atoms with E-state index < -0.39 is 11.2 Å². The number of hydrogen-bond acceptors (Lipinski definition) is 4. The van der Waals surface area contributed by atoms with Crippen molar-refractivity contribution in [1.29, 1.82) is 0 Å². The summed E-state index contributed by atoms with van der Waals surface area (Å²) in [6.07, 6.45) is 1.67. The summed E-state index contributed by atoms with van der Waals surface area (Å²) in [6, 6.07) is 47.6. The minimum atomic E-state index is -0.520. The highest BCUT2D eigenvalue weighted by Gasteiger charge is 2.23. The minimum Gasteiger partial charge on any atom is -0.325 e. The highest BCUT2D eigenvalue weighted by atomic mass is 32.2. The van der Waals surface area contributed by atoms with Gasteiger partial charge in [-0.05, 0) is 88.0 Å². The number of fused-ring (bicyclic) bond motifs is 1. The molecule has 0 aliphatic carbocycles. The number of rotatable bonds is 11.